The zero-order valence-corrected chi connectivity index (χ0v) is 9.30. The van der Waals surface area contributed by atoms with E-state index in [4.69, 9.17) is 16.7 Å². The highest BCUT2D eigenvalue weighted by Gasteiger charge is 2.01. The highest BCUT2D eigenvalue weighted by atomic mass is 35.5. The molecule has 0 bridgehead atoms. The summed E-state index contributed by atoms with van der Waals surface area (Å²) in [5.74, 6) is 0. The van der Waals surface area contributed by atoms with E-state index in [9.17, 15) is 0 Å². The lowest BCUT2D eigenvalue weighted by Gasteiger charge is -2.11. The highest BCUT2D eigenvalue weighted by molar-refractivity contribution is 6.31. The zero-order chi connectivity index (χ0) is 10.6. The minimum Gasteiger partial charge on any atom is -0.393 e. The lowest BCUT2D eigenvalue weighted by molar-refractivity contribution is 0.189. The molecule has 1 unspecified atom stereocenters. The first-order valence-electron chi connectivity index (χ1n) is 4.78. The molecule has 0 aromatic heterocycles. The van der Waals surface area contributed by atoms with E-state index in [2.05, 4.69) is 5.32 Å². The summed E-state index contributed by atoms with van der Waals surface area (Å²) in [6, 6.07) is 5.78. The number of nitrogens with one attached hydrogen (secondary N) is 1. The number of aliphatic hydroxyl groups excluding tert-OH is 1. The van der Waals surface area contributed by atoms with Gasteiger partial charge in [-0.05, 0) is 38.0 Å². The summed E-state index contributed by atoms with van der Waals surface area (Å²) in [5, 5.41) is 13.1. The molecule has 0 heterocycles. The van der Waals surface area contributed by atoms with Crippen LogP contribution in [0, 0.1) is 6.92 Å². The van der Waals surface area contributed by atoms with Crippen LogP contribution in [-0.4, -0.2) is 17.8 Å². The maximum atomic E-state index is 9.09. The minimum absolute atomic E-state index is 0.262. The van der Waals surface area contributed by atoms with Crippen LogP contribution in [0.5, 0.6) is 0 Å². The molecule has 1 atom stereocenters. The van der Waals surface area contributed by atoms with Gasteiger partial charge in [0.15, 0.2) is 0 Å². The van der Waals surface area contributed by atoms with Crippen molar-refractivity contribution in [2.45, 2.75) is 26.4 Å². The van der Waals surface area contributed by atoms with Gasteiger partial charge in [0.1, 0.15) is 0 Å². The number of hydrogen-bond acceptors (Lipinski definition) is 2. The zero-order valence-electron chi connectivity index (χ0n) is 8.55. The first kappa shape index (κ1) is 11.3. The van der Waals surface area contributed by atoms with Gasteiger partial charge in [0.05, 0.1) is 6.10 Å². The largest absolute Gasteiger partial charge is 0.393 e. The lowest BCUT2D eigenvalue weighted by atomic mass is 10.2. The monoisotopic (exact) mass is 213 g/mol. The van der Waals surface area contributed by atoms with Gasteiger partial charge in [-0.3, -0.25) is 0 Å². The van der Waals surface area contributed by atoms with Crippen LogP contribution >= 0.6 is 11.6 Å². The van der Waals surface area contributed by atoms with Gasteiger partial charge in [0.25, 0.3) is 0 Å². The molecule has 0 radical (unpaired) electrons. The van der Waals surface area contributed by atoms with Crippen LogP contribution in [0.1, 0.15) is 18.9 Å². The quantitative estimate of drug-likeness (QED) is 0.806. The van der Waals surface area contributed by atoms with Gasteiger partial charge in [-0.25, -0.2) is 0 Å². The predicted octanol–water partition coefficient (Wildman–Crippen LogP) is 2.83. The van der Waals surface area contributed by atoms with E-state index in [1.807, 2.05) is 25.1 Å². The van der Waals surface area contributed by atoms with Crippen LogP contribution in [0.15, 0.2) is 18.2 Å². The van der Waals surface area contributed by atoms with Crippen LogP contribution in [0.25, 0.3) is 0 Å². The van der Waals surface area contributed by atoms with Crippen molar-refractivity contribution < 1.29 is 5.11 Å². The Balaban J connectivity index is 2.54. The fourth-order valence-electron chi connectivity index (χ4n) is 1.21. The van der Waals surface area contributed by atoms with Crippen molar-refractivity contribution >= 4 is 17.3 Å². The normalized spacial score (nSPS) is 12.6. The molecule has 2 N–H and O–H groups in total. The molecule has 1 aromatic carbocycles. The lowest BCUT2D eigenvalue weighted by Crippen LogP contribution is -2.10. The van der Waals surface area contributed by atoms with Crippen molar-refractivity contribution in [3.63, 3.8) is 0 Å². The van der Waals surface area contributed by atoms with Gasteiger partial charge in [-0.15, -0.1) is 0 Å². The molecule has 2 nitrogen and oxygen atoms in total. The van der Waals surface area contributed by atoms with Crippen molar-refractivity contribution in [1.82, 2.24) is 0 Å². The Bertz CT molecular complexity index is 299. The summed E-state index contributed by atoms with van der Waals surface area (Å²) >= 11 is 5.97. The van der Waals surface area contributed by atoms with Gasteiger partial charge >= 0.3 is 0 Å². The van der Waals surface area contributed by atoms with E-state index in [-0.39, 0.29) is 6.10 Å². The Hall–Kier alpha value is -0.730. The molecule has 0 aliphatic heterocycles. The second-order valence-corrected chi connectivity index (χ2v) is 3.88. The molecular weight excluding hydrogens is 198 g/mol. The number of hydrogen-bond donors (Lipinski definition) is 2. The molecular formula is C11H16ClNO. The van der Waals surface area contributed by atoms with Crippen molar-refractivity contribution in [2.75, 3.05) is 11.9 Å². The fraction of sp³-hybridized carbons (Fsp3) is 0.455. The van der Waals surface area contributed by atoms with Crippen LogP contribution in [0.2, 0.25) is 5.02 Å². The Morgan fingerprint density at radius 1 is 1.50 bits per heavy atom. The van der Waals surface area contributed by atoms with E-state index in [1.165, 1.54) is 0 Å². The molecule has 0 spiro atoms. The van der Waals surface area contributed by atoms with Crippen molar-refractivity contribution in [1.29, 1.82) is 0 Å². The van der Waals surface area contributed by atoms with Gasteiger partial charge in [0.2, 0.25) is 0 Å². The first-order valence-corrected chi connectivity index (χ1v) is 5.16. The molecule has 0 fully saturated rings. The van der Waals surface area contributed by atoms with Crippen molar-refractivity contribution in [3.05, 3.63) is 28.8 Å². The van der Waals surface area contributed by atoms with Crippen LogP contribution in [0.4, 0.5) is 5.69 Å². The van der Waals surface area contributed by atoms with E-state index < -0.39 is 0 Å². The molecule has 0 saturated heterocycles. The maximum absolute atomic E-state index is 9.09. The van der Waals surface area contributed by atoms with Crippen LogP contribution in [-0.2, 0) is 0 Å². The minimum atomic E-state index is -0.262. The molecule has 0 aliphatic rings. The average molecular weight is 214 g/mol. The number of benzene rings is 1. The molecule has 1 aromatic rings. The third kappa shape index (κ3) is 3.20. The molecule has 3 heteroatoms. The highest BCUT2D eigenvalue weighted by Crippen LogP contribution is 2.22. The average Bonchev–Trinajstić information content (AvgIpc) is 2.12. The van der Waals surface area contributed by atoms with Crippen molar-refractivity contribution in [3.8, 4) is 0 Å². The number of halogens is 1. The molecule has 0 aliphatic carbocycles. The summed E-state index contributed by atoms with van der Waals surface area (Å²) in [6.07, 6.45) is 0.480. The fourth-order valence-corrected chi connectivity index (χ4v) is 1.39. The van der Waals surface area contributed by atoms with Crippen molar-refractivity contribution in [2.24, 2.45) is 0 Å². The second-order valence-electron chi connectivity index (χ2n) is 3.48. The van der Waals surface area contributed by atoms with E-state index in [0.717, 1.165) is 29.2 Å². The number of aliphatic hydroxyl groups is 1. The second kappa shape index (κ2) is 5.23. The Labute approximate surface area is 89.9 Å². The summed E-state index contributed by atoms with van der Waals surface area (Å²) in [7, 11) is 0. The third-order valence-corrected chi connectivity index (χ3v) is 2.55. The number of anilines is 1. The molecule has 78 valence electrons. The summed E-state index contributed by atoms with van der Waals surface area (Å²) in [6.45, 7) is 4.53. The molecule has 1 rings (SSSR count). The summed E-state index contributed by atoms with van der Waals surface area (Å²) in [5.41, 5.74) is 2.10. The topological polar surface area (TPSA) is 32.3 Å². The van der Waals surface area contributed by atoms with Gasteiger partial charge in [-0.1, -0.05) is 17.7 Å². The standard InChI is InChI=1S/C11H16ClNO/c1-8(14)6-7-13-11-5-3-4-10(12)9(11)2/h3-5,8,13-14H,6-7H2,1-2H3. The molecule has 0 amide bonds. The van der Waals surface area contributed by atoms with Gasteiger partial charge in [-0.2, -0.15) is 0 Å². The molecule has 14 heavy (non-hydrogen) atoms. The Kier molecular flexibility index (Phi) is 4.23. The van der Waals surface area contributed by atoms with E-state index >= 15 is 0 Å². The maximum Gasteiger partial charge on any atom is 0.0528 e. The SMILES string of the molecule is Cc1c(Cl)cccc1NCCC(C)O. The Morgan fingerprint density at radius 2 is 2.21 bits per heavy atom. The van der Waals surface area contributed by atoms with E-state index in [0.29, 0.717) is 0 Å². The molecule has 0 saturated carbocycles. The summed E-state index contributed by atoms with van der Waals surface area (Å²) < 4.78 is 0. The summed E-state index contributed by atoms with van der Waals surface area (Å²) in [4.78, 5) is 0. The predicted molar refractivity (Wildman–Crippen MR) is 61.0 cm³/mol. The number of rotatable bonds is 4. The van der Waals surface area contributed by atoms with Gasteiger partial charge < -0.3 is 10.4 Å². The first-order chi connectivity index (χ1) is 6.61. The third-order valence-electron chi connectivity index (χ3n) is 2.15. The smallest absolute Gasteiger partial charge is 0.0528 e. The Morgan fingerprint density at radius 3 is 2.86 bits per heavy atom. The van der Waals surface area contributed by atoms with Crippen LogP contribution in [0.3, 0.4) is 0 Å². The van der Waals surface area contributed by atoms with E-state index in [1.54, 1.807) is 6.92 Å². The van der Waals surface area contributed by atoms with Gasteiger partial charge in [0, 0.05) is 17.3 Å². The van der Waals surface area contributed by atoms with Crippen LogP contribution < -0.4 is 5.32 Å².